The molecule has 0 aromatic carbocycles. The van der Waals surface area contributed by atoms with Crippen LogP contribution >= 0.6 is 0 Å². The highest BCUT2D eigenvalue weighted by Crippen LogP contribution is 2.15. The lowest BCUT2D eigenvalue weighted by Gasteiger charge is -2.17. The number of aromatic nitrogens is 2. The van der Waals surface area contributed by atoms with Gasteiger partial charge in [0.15, 0.2) is 0 Å². The SMILES string of the molecule is Cc1noc(C)c1CN(C)C(=O)c1ccc(=O)n(C)c1. The Morgan fingerprint density at radius 2 is 2.10 bits per heavy atom. The van der Waals surface area contributed by atoms with Crippen LogP contribution in [0.4, 0.5) is 0 Å². The molecule has 0 aliphatic rings. The lowest BCUT2D eigenvalue weighted by molar-refractivity contribution is 0.0783. The van der Waals surface area contributed by atoms with Crippen molar-refractivity contribution in [3.63, 3.8) is 0 Å². The topological polar surface area (TPSA) is 68.3 Å². The summed E-state index contributed by atoms with van der Waals surface area (Å²) in [5.74, 6) is 0.559. The molecule has 0 unspecified atom stereocenters. The molecule has 0 saturated carbocycles. The third-order valence-electron chi connectivity index (χ3n) is 3.26. The predicted molar refractivity (Wildman–Crippen MR) is 73.5 cm³/mol. The van der Waals surface area contributed by atoms with Gasteiger partial charge in [-0.2, -0.15) is 0 Å². The molecule has 0 bridgehead atoms. The summed E-state index contributed by atoms with van der Waals surface area (Å²) >= 11 is 0. The molecule has 2 aromatic heterocycles. The van der Waals surface area contributed by atoms with E-state index in [9.17, 15) is 9.59 Å². The fourth-order valence-electron chi connectivity index (χ4n) is 1.98. The lowest BCUT2D eigenvalue weighted by atomic mass is 10.2. The highest BCUT2D eigenvalue weighted by atomic mass is 16.5. The molecule has 0 N–H and O–H groups in total. The molecule has 0 aliphatic heterocycles. The Balaban J connectivity index is 2.20. The number of carbonyl (C=O) groups is 1. The molecule has 2 heterocycles. The summed E-state index contributed by atoms with van der Waals surface area (Å²) in [6, 6.07) is 2.92. The Labute approximate surface area is 116 Å². The fourth-order valence-corrected chi connectivity index (χ4v) is 1.98. The molecule has 0 spiro atoms. The first-order chi connectivity index (χ1) is 9.40. The van der Waals surface area contributed by atoms with Gasteiger partial charge in [0.25, 0.3) is 5.91 Å². The number of hydrogen-bond donors (Lipinski definition) is 0. The van der Waals surface area contributed by atoms with Gasteiger partial charge < -0.3 is 14.0 Å². The Hall–Kier alpha value is -2.37. The largest absolute Gasteiger partial charge is 0.361 e. The summed E-state index contributed by atoms with van der Waals surface area (Å²) in [7, 11) is 3.33. The molecular formula is C14H17N3O3. The number of pyridine rings is 1. The zero-order valence-corrected chi connectivity index (χ0v) is 12.0. The summed E-state index contributed by atoms with van der Waals surface area (Å²) < 4.78 is 6.47. The molecule has 0 fully saturated rings. The first-order valence-electron chi connectivity index (χ1n) is 6.24. The van der Waals surface area contributed by atoms with Crippen LogP contribution in [0.1, 0.15) is 27.4 Å². The van der Waals surface area contributed by atoms with Crippen LogP contribution in [0.15, 0.2) is 27.6 Å². The normalized spacial score (nSPS) is 10.6. The van der Waals surface area contributed by atoms with Gasteiger partial charge >= 0.3 is 0 Å². The van der Waals surface area contributed by atoms with Gasteiger partial charge in [0.2, 0.25) is 5.56 Å². The molecular weight excluding hydrogens is 258 g/mol. The molecule has 2 rings (SSSR count). The molecule has 0 aliphatic carbocycles. The van der Waals surface area contributed by atoms with E-state index in [0.29, 0.717) is 17.9 Å². The second-order valence-electron chi connectivity index (χ2n) is 4.83. The average molecular weight is 275 g/mol. The van der Waals surface area contributed by atoms with Gasteiger partial charge in [-0.25, -0.2) is 0 Å². The van der Waals surface area contributed by atoms with Crippen molar-refractivity contribution < 1.29 is 9.32 Å². The van der Waals surface area contributed by atoms with Crippen LogP contribution in [0.25, 0.3) is 0 Å². The van der Waals surface area contributed by atoms with Gasteiger partial charge in [0, 0.05) is 31.9 Å². The number of aryl methyl sites for hydroxylation is 3. The predicted octanol–water partition coefficient (Wildman–Crippen LogP) is 1.26. The van der Waals surface area contributed by atoms with Gasteiger partial charge in [0.05, 0.1) is 17.8 Å². The van der Waals surface area contributed by atoms with Crippen molar-refractivity contribution in [1.29, 1.82) is 0 Å². The number of amides is 1. The van der Waals surface area contributed by atoms with Crippen LogP contribution in [0.3, 0.4) is 0 Å². The highest BCUT2D eigenvalue weighted by Gasteiger charge is 2.17. The Bertz CT molecular complexity index is 680. The summed E-state index contributed by atoms with van der Waals surface area (Å²) in [5, 5.41) is 3.87. The molecule has 20 heavy (non-hydrogen) atoms. The third-order valence-corrected chi connectivity index (χ3v) is 3.26. The minimum Gasteiger partial charge on any atom is -0.361 e. The quantitative estimate of drug-likeness (QED) is 0.845. The smallest absolute Gasteiger partial charge is 0.255 e. The van der Waals surface area contributed by atoms with E-state index in [1.165, 1.54) is 22.9 Å². The number of carbonyl (C=O) groups excluding carboxylic acids is 1. The van der Waals surface area contributed by atoms with E-state index in [-0.39, 0.29) is 11.5 Å². The fraction of sp³-hybridized carbons (Fsp3) is 0.357. The van der Waals surface area contributed by atoms with E-state index >= 15 is 0 Å². The van der Waals surface area contributed by atoms with Crippen LogP contribution < -0.4 is 5.56 Å². The maximum absolute atomic E-state index is 12.3. The van der Waals surface area contributed by atoms with Crippen LogP contribution in [0.2, 0.25) is 0 Å². The molecule has 6 heteroatoms. The minimum atomic E-state index is -0.152. The van der Waals surface area contributed by atoms with Crippen molar-refractivity contribution in [1.82, 2.24) is 14.6 Å². The Kier molecular flexibility index (Phi) is 3.74. The van der Waals surface area contributed by atoms with Gasteiger partial charge in [-0.05, 0) is 19.9 Å². The van der Waals surface area contributed by atoms with E-state index in [4.69, 9.17) is 4.52 Å². The maximum atomic E-state index is 12.3. The van der Waals surface area contributed by atoms with E-state index in [1.54, 1.807) is 19.0 Å². The van der Waals surface area contributed by atoms with E-state index in [1.807, 2.05) is 13.8 Å². The monoisotopic (exact) mass is 275 g/mol. The summed E-state index contributed by atoms with van der Waals surface area (Å²) in [5.41, 5.74) is 2.02. The number of nitrogens with zero attached hydrogens (tertiary/aromatic N) is 3. The van der Waals surface area contributed by atoms with Gasteiger partial charge in [0.1, 0.15) is 5.76 Å². The van der Waals surface area contributed by atoms with Gasteiger partial charge in [-0.15, -0.1) is 0 Å². The van der Waals surface area contributed by atoms with E-state index in [2.05, 4.69) is 5.16 Å². The highest BCUT2D eigenvalue weighted by molar-refractivity contribution is 5.93. The summed E-state index contributed by atoms with van der Waals surface area (Å²) in [6.45, 7) is 4.08. The molecule has 0 atom stereocenters. The van der Waals surface area contributed by atoms with Crippen molar-refractivity contribution in [2.45, 2.75) is 20.4 Å². The van der Waals surface area contributed by atoms with Gasteiger partial charge in [-0.3, -0.25) is 9.59 Å². The standard InChI is InChI=1S/C14H17N3O3/c1-9-12(10(2)20-15-9)8-17(4)14(19)11-5-6-13(18)16(3)7-11/h5-7H,8H2,1-4H3. The van der Waals surface area contributed by atoms with Crippen molar-refractivity contribution >= 4 is 5.91 Å². The maximum Gasteiger partial charge on any atom is 0.255 e. The van der Waals surface area contributed by atoms with E-state index < -0.39 is 0 Å². The van der Waals surface area contributed by atoms with Crippen LogP contribution in [-0.4, -0.2) is 27.6 Å². The average Bonchev–Trinajstić information content (AvgIpc) is 2.72. The zero-order valence-electron chi connectivity index (χ0n) is 12.0. The van der Waals surface area contributed by atoms with Crippen molar-refractivity contribution in [2.24, 2.45) is 7.05 Å². The minimum absolute atomic E-state index is 0.144. The van der Waals surface area contributed by atoms with Crippen molar-refractivity contribution in [3.8, 4) is 0 Å². The van der Waals surface area contributed by atoms with Crippen molar-refractivity contribution in [2.75, 3.05) is 7.05 Å². The van der Waals surface area contributed by atoms with Crippen LogP contribution in [0, 0.1) is 13.8 Å². The zero-order chi connectivity index (χ0) is 14.9. The van der Waals surface area contributed by atoms with Crippen molar-refractivity contribution in [3.05, 3.63) is 51.3 Å². The molecule has 0 radical (unpaired) electrons. The second-order valence-corrected chi connectivity index (χ2v) is 4.83. The first kappa shape index (κ1) is 14.0. The van der Waals surface area contributed by atoms with Gasteiger partial charge in [-0.1, -0.05) is 5.16 Å². The summed E-state index contributed by atoms with van der Waals surface area (Å²) in [4.78, 5) is 25.2. The number of rotatable bonds is 3. The first-order valence-corrected chi connectivity index (χ1v) is 6.24. The summed E-state index contributed by atoms with van der Waals surface area (Å²) in [6.07, 6.45) is 1.54. The molecule has 2 aromatic rings. The lowest BCUT2D eigenvalue weighted by Crippen LogP contribution is -2.28. The van der Waals surface area contributed by atoms with Crippen LogP contribution in [0.5, 0.6) is 0 Å². The Morgan fingerprint density at radius 1 is 1.40 bits per heavy atom. The third kappa shape index (κ3) is 2.64. The molecule has 6 nitrogen and oxygen atoms in total. The Morgan fingerprint density at radius 3 is 2.65 bits per heavy atom. The van der Waals surface area contributed by atoms with E-state index in [0.717, 1.165) is 11.3 Å². The van der Waals surface area contributed by atoms with Crippen LogP contribution in [-0.2, 0) is 13.6 Å². The molecule has 1 amide bonds. The molecule has 106 valence electrons. The second kappa shape index (κ2) is 5.32. The number of hydrogen-bond acceptors (Lipinski definition) is 4. The molecule has 0 saturated heterocycles.